The second kappa shape index (κ2) is 4.58. The summed E-state index contributed by atoms with van der Waals surface area (Å²) in [5, 5.41) is 6.59. The number of hydrogen-bond donors (Lipinski definition) is 2. The van der Waals surface area contributed by atoms with Crippen LogP contribution in [0.25, 0.3) is 0 Å². The normalized spacial score (nSPS) is 44.9. The first-order valence-electron chi connectivity index (χ1n) is 7.00. The van der Waals surface area contributed by atoms with Crippen molar-refractivity contribution in [3.8, 4) is 0 Å². The quantitative estimate of drug-likeness (QED) is 0.721. The molecule has 0 saturated carbocycles. The summed E-state index contributed by atoms with van der Waals surface area (Å²) in [7, 11) is 0. The van der Waals surface area contributed by atoms with Gasteiger partial charge in [-0.1, -0.05) is 6.92 Å². The lowest BCUT2D eigenvalue weighted by Crippen LogP contribution is -2.59. The van der Waals surface area contributed by atoms with Crippen molar-refractivity contribution in [2.45, 2.75) is 38.3 Å². The Balaban J connectivity index is 1.58. The standard InChI is InChI=1S/C13H23N3O/c1-9-2-5-14-12(9)13(17)15-11-8-16-6-3-10(11)4-7-16/h9-12,14H,2-8H2,1H3,(H,15,17). The predicted molar refractivity (Wildman–Crippen MR) is 66.7 cm³/mol. The molecule has 2 bridgehead atoms. The van der Waals surface area contributed by atoms with Gasteiger partial charge in [0.05, 0.1) is 6.04 Å². The van der Waals surface area contributed by atoms with E-state index in [4.69, 9.17) is 0 Å². The van der Waals surface area contributed by atoms with Crippen LogP contribution in [0.3, 0.4) is 0 Å². The third-order valence-electron chi connectivity index (χ3n) is 4.80. The van der Waals surface area contributed by atoms with Crippen molar-refractivity contribution in [1.29, 1.82) is 0 Å². The second-order valence-electron chi connectivity index (χ2n) is 5.95. The number of rotatable bonds is 2. The van der Waals surface area contributed by atoms with Crippen LogP contribution in [0.2, 0.25) is 0 Å². The van der Waals surface area contributed by atoms with E-state index < -0.39 is 0 Å². The lowest BCUT2D eigenvalue weighted by atomic mass is 9.84. The average molecular weight is 237 g/mol. The Morgan fingerprint density at radius 1 is 1.29 bits per heavy atom. The first-order chi connectivity index (χ1) is 8.24. The average Bonchev–Trinajstić information content (AvgIpc) is 2.77. The molecule has 0 aromatic rings. The molecule has 4 heterocycles. The van der Waals surface area contributed by atoms with Crippen molar-refractivity contribution >= 4 is 5.91 Å². The van der Waals surface area contributed by atoms with Crippen molar-refractivity contribution in [3.05, 3.63) is 0 Å². The summed E-state index contributed by atoms with van der Waals surface area (Å²) in [5.74, 6) is 1.44. The van der Waals surface area contributed by atoms with Gasteiger partial charge in [0.2, 0.25) is 5.91 Å². The van der Waals surface area contributed by atoms with Gasteiger partial charge in [-0.25, -0.2) is 0 Å². The zero-order chi connectivity index (χ0) is 11.8. The topological polar surface area (TPSA) is 44.4 Å². The van der Waals surface area contributed by atoms with Crippen LogP contribution in [0.4, 0.5) is 0 Å². The molecule has 96 valence electrons. The summed E-state index contributed by atoms with van der Waals surface area (Å²) >= 11 is 0. The van der Waals surface area contributed by atoms with E-state index in [1.54, 1.807) is 0 Å². The first-order valence-corrected chi connectivity index (χ1v) is 7.00. The van der Waals surface area contributed by atoms with Gasteiger partial charge in [-0.05, 0) is 50.7 Å². The Morgan fingerprint density at radius 3 is 2.59 bits per heavy atom. The molecule has 0 aliphatic carbocycles. The Kier molecular flexibility index (Phi) is 3.09. The van der Waals surface area contributed by atoms with Crippen LogP contribution < -0.4 is 10.6 Å². The van der Waals surface area contributed by atoms with Crippen molar-refractivity contribution < 1.29 is 4.79 Å². The minimum absolute atomic E-state index is 0.0467. The molecular weight excluding hydrogens is 214 g/mol. The number of hydrogen-bond acceptors (Lipinski definition) is 3. The molecule has 0 radical (unpaired) electrons. The van der Waals surface area contributed by atoms with Crippen LogP contribution in [-0.2, 0) is 4.79 Å². The van der Waals surface area contributed by atoms with E-state index in [0.29, 0.717) is 12.0 Å². The highest BCUT2D eigenvalue weighted by molar-refractivity contribution is 5.82. The van der Waals surface area contributed by atoms with E-state index in [1.165, 1.54) is 25.9 Å². The van der Waals surface area contributed by atoms with E-state index in [1.807, 2.05) is 0 Å². The van der Waals surface area contributed by atoms with Crippen LogP contribution in [0.5, 0.6) is 0 Å². The molecule has 4 rings (SSSR count). The maximum absolute atomic E-state index is 12.2. The Bertz CT molecular complexity index is 299. The molecule has 4 saturated heterocycles. The maximum Gasteiger partial charge on any atom is 0.237 e. The summed E-state index contributed by atoms with van der Waals surface area (Å²) < 4.78 is 0. The van der Waals surface area contributed by atoms with Gasteiger partial charge < -0.3 is 15.5 Å². The first kappa shape index (κ1) is 11.5. The minimum atomic E-state index is 0.0467. The molecule has 1 amide bonds. The Labute approximate surface area is 103 Å². The molecule has 3 atom stereocenters. The number of nitrogens with zero attached hydrogens (tertiary/aromatic N) is 1. The van der Waals surface area contributed by atoms with Crippen LogP contribution >= 0.6 is 0 Å². The van der Waals surface area contributed by atoms with E-state index in [9.17, 15) is 4.79 Å². The molecule has 3 unspecified atom stereocenters. The van der Waals surface area contributed by atoms with Crippen LogP contribution in [0, 0.1) is 11.8 Å². The summed E-state index contributed by atoms with van der Waals surface area (Å²) in [6.07, 6.45) is 3.65. The largest absolute Gasteiger partial charge is 0.350 e. The molecule has 0 aromatic heterocycles. The monoisotopic (exact) mass is 237 g/mol. The Hall–Kier alpha value is -0.610. The van der Waals surface area contributed by atoms with Crippen molar-refractivity contribution in [1.82, 2.24) is 15.5 Å². The zero-order valence-corrected chi connectivity index (χ0v) is 10.6. The number of carbonyl (C=O) groups is 1. The summed E-state index contributed by atoms with van der Waals surface area (Å²) in [6, 6.07) is 0.449. The van der Waals surface area contributed by atoms with Crippen LogP contribution in [0.1, 0.15) is 26.2 Å². The lowest BCUT2D eigenvalue weighted by Gasteiger charge is -2.45. The van der Waals surface area contributed by atoms with E-state index >= 15 is 0 Å². The summed E-state index contributed by atoms with van der Waals surface area (Å²) in [4.78, 5) is 14.7. The fourth-order valence-corrected chi connectivity index (χ4v) is 3.59. The summed E-state index contributed by atoms with van der Waals surface area (Å²) in [6.45, 7) is 6.68. The molecule has 0 spiro atoms. The van der Waals surface area contributed by atoms with Crippen molar-refractivity contribution in [3.63, 3.8) is 0 Å². The van der Waals surface area contributed by atoms with Gasteiger partial charge in [0.1, 0.15) is 0 Å². The van der Waals surface area contributed by atoms with Gasteiger partial charge >= 0.3 is 0 Å². The fourth-order valence-electron chi connectivity index (χ4n) is 3.59. The minimum Gasteiger partial charge on any atom is -0.350 e. The number of fused-ring (bicyclic) bond motifs is 3. The highest BCUT2D eigenvalue weighted by Crippen LogP contribution is 2.27. The van der Waals surface area contributed by atoms with Gasteiger partial charge in [0.25, 0.3) is 0 Å². The second-order valence-corrected chi connectivity index (χ2v) is 5.95. The Morgan fingerprint density at radius 2 is 2.06 bits per heavy atom. The van der Waals surface area contributed by atoms with Crippen LogP contribution in [-0.4, -0.2) is 49.1 Å². The molecule has 4 nitrogen and oxygen atoms in total. The zero-order valence-electron chi connectivity index (χ0n) is 10.6. The number of carbonyl (C=O) groups excluding carboxylic acids is 1. The highest BCUT2D eigenvalue weighted by Gasteiger charge is 2.37. The highest BCUT2D eigenvalue weighted by atomic mass is 16.2. The molecule has 0 aromatic carbocycles. The summed E-state index contributed by atoms with van der Waals surface area (Å²) in [5.41, 5.74) is 0. The molecule has 4 aliphatic rings. The van der Waals surface area contributed by atoms with E-state index in [2.05, 4.69) is 22.5 Å². The van der Waals surface area contributed by atoms with Crippen molar-refractivity contribution in [2.24, 2.45) is 11.8 Å². The van der Waals surface area contributed by atoms with Gasteiger partial charge in [-0.2, -0.15) is 0 Å². The third-order valence-corrected chi connectivity index (χ3v) is 4.80. The number of amides is 1. The fraction of sp³-hybridized carbons (Fsp3) is 0.923. The predicted octanol–water partition coefficient (Wildman–Crippen LogP) is 0.195. The van der Waals surface area contributed by atoms with E-state index in [0.717, 1.165) is 25.4 Å². The van der Waals surface area contributed by atoms with Gasteiger partial charge in [0, 0.05) is 12.6 Å². The van der Waals surface area contributed by atoms with Gasteiger partial charge in [-0.3, -0.25) is 4.79 Å². The molecule has 2 N–H and O–H groups in total. The SMILES string of the molecule is CC1CCNC1C(=O)NC1CN2CCC1CC2. The molecular formula is C13H23N3O. The van der Waals surface area contributed by atoms with Crippen LogP contribution in [0.15, 0.2) is 0 Å². The lowest BCUT2D eigenvalue weighted by molar-refractivity contribution is -0.125. The molecule has 17 heavy (non-hydrogen) atoms. The smallest absolute Gasteiger partial charge is 0.237 e. The maximum atomic E-state index is 12.2. The van der Waals surface area contributed by atoms with Gasteiger partial charge in [-0.15, -0.1) is 0 Å². The molecule has 4 aliphatic heterocycles. The number of nitrogens with one attached hydrogen (secondary N) is 2. The molecule has 4 fully saturated rings. The molecule has 4 heteroatoms. The van der Waals surface area contributed by atoms with Gasteiger partial charge in [0.15, 0.2) is 0 Å². The van der Waals surface area contributed by atoms with E-state index in [-0.39, 0.29) is 11.9 Å². The van der Waals surface area contributed by atoms with Crippen molar-refractivity contribution in [2.75, 3.05) is 26.2 Å². The third kappa shape index (κ3) is 2.20. The number of piperidine rings is 3.